The predicted octanol–water partition coefficient (Wildman–Crippen LogP) is 7.32. The number of benzene rings is 2. The van der Waals surface area contributed by atoms with Crippen LogP contribution in [0.4, 0.5) is 15.9 Å². The number of ether oxygens (including phenoxy) is 1. The van der Waals surface area contributed by atoms with Crippen molar-refractivity contribution in [3.63, 3.8) is 0 Å². The van der Waals surface area contributed by atoms with E-state index in [0.29, 0.717) is 29.5 Å². The van der Waals surface area contributed by atoms with Gasteiger partial charge in [0, 0.05) is 48.8 Å². The van der Waals surface area contributed by atoms with E-state index < -0.39 is 5.82 Å². The Balaban J connectivity index is 1.29. The molecule has 0 bridgehead atoms. The van der Waals surface area contributed by atoms with Crippen LogP contribution < -0.4 is 15.0 Å². The molecule has 0 spiro atoms. The fourth-order valence-electron chi connectivity index (χ4n) is 5.04. The second-order valence-electron chi connectivity index (χ2n) is 10.8. The van der Waals surface area contributed by atoms with Crippen LogP contribution in [0.25, 0.3) is 22.2 Å². The molecule has 7 nitrogen and oxygen atoms in total. The van der Waals surface area contributed by atoms with Crippen molar-refractivity contribution in [2.45, 2.75) is 45.3 Å². The minimum Gasteiger partial charge on any atom is -0.491 e. The number of carbonyl (C=O) groups is 1. The lowest BCUT2D eigenvalue weighted by atomic mass is 10.0. The lowest BCUT2D eigenvalue weighted by Gasteiger charge is -2.19. The van der Waals surface area contributed by atoms with Crippen LogP contribution in [0.3, 0.4) is 0 Å². The fourth-order valence-corrected chi connectivity index (χ4v) is 5.04. The number of amides is 1. The SMILES string of the molecule is CC(C)Oc1cc(CNc2ncccc2C(=O)N(C)c2cccc(F)c2)cc(-c2c[nH]c3ncc(C4CC4)cc23)c1. The van der Waals surface area contributed by atoms with E-state index in [2.05, 4.69) is 38.5 Å². The van der Waals surface area contributed by atoms with Crippen LogP contribution in [0.2, 0.25) is 0 Å². The highest BCUT2D eigenvalue weighted by Crippen LogP contribution is 2.41. The van der Waals surface area contributed by atoms with E-state index >= 15 is 0 Å². The second kappa shape index (κ2) is 11.0. The van der Waals surface area contributed by atoms with Gasteiger partial charge in [-0.1, -0.05) is 6.07 Å². The number of fused-ring (bicyclic) bond motifs is 1. The fraction of sp³-hybridized carbons (Fsp3) is 0.242. The molecular weight excluding hydrogens is 517 g/mol. The smallest absolute Gasteiger partial charge is 0.261 e. The summed E-state index contributed by atoms with van der Waals surface area (Å²) in [7, 11) is 1.62. The Hall–Kier alpha value is -4.72. The van der Waals surface area contributed by atoms with Crippen LogP contribution in [0.5, 0.6) is 5.75 Å². The Labute approximate surface area is 238 Å². The lowest BCUT2D eigenvalue weighted by molar-refractivity contribution is 0.0993. The number of carbonyl (C=O) groups excluding carboxylic acids is 1. The minimum absolute atomic E-state index is 0.00976. The van der Waals surface area contributed by atoms with Crippen molar-refractivity contribution in [2.24, 2.45) is 0 Å². The molecular formula is C33H32FN5O2. The zero-order valence-corrected chi connectivity index (χ0v) is 23.3. The van der Waals surface area contributed by atoms with Crippen molar-refractivity contribution in [3.8, 4) is 16.9 Å². The van der Waals surface area contributed by atoms with Crippen LogP contribution >= 0.6 is 0 Å². The molecule has 1 aliphatic rings. The van der Waals surface area contributed by atoms with Gasteiger partial charge in [0.1, 0.15) is 23.0 Å². The molecule has 41 heavy (non-hydrogen) atoms. The number of aromatic amines is 1. The van der Waals surface area contributed by atoms with E-state index in [1.165, 1.54) is 35.4 Å². The lowest BCUT2D eigenvalue weighted by Crippen LogP contribution is -2.27. The predicted molar refractivity (Wildman–Crippen MR) is 160 cm³/mol. The summed E-state index contributed by atoms with van der Waals surface area (Å²) in [4.78, 5) is 27.2. The quantitative estimate of drug-likeness (QED) is 0.201. The molecule has 208 valence electrons. The van der Waals surface area contributed by atoms with Gasteiger partial charge in [0.15, 0.2) is 0 Å². The van der Waals surface area contributed by atoms with Crippen LogP contribution in [0.1, 0.15) is 54.1 Å². The van der Waals surface area contributed by atoms with Crippen molar-refractivity contribution in [1.29, 1.82) is 0 Å². The van der Waals surface area contributed by atoms with Crippen molar-refractivity contribution >= 4 is 28.4 Å². The number of pyridine rings is 2. The molecule has 1 amide bonds. The van der Waals surface area contributed by atoms with Gasteiger partial charge in [-0.2, -0.15) is 0 Å². The first-order valence-corrected chi connectivity index (χ1v) is 13.9. The molecule has 1 saturated carbocycles. The molecule has 3 heterocycles. The molecule has 1 aliphatic carbocycles. The topological polar surface area (TPSA) is 83.1 Å². The van der Waals surface area contributed by atoms with E-state index in [9.17, 15) is 9.18 Å². The Kier molecular flexibility index (Phi) is 7.14. The van der Waals surface area contributed by atoms with Crippen LogP contribution in [-0.4, -0.2) is 34.0 Å². The molecule has 0 unspecified atom stereocenters. The number of rotatable bonds is 9. The summed E-state index contributed by atoms with van der Waals surface area (Å²) in [5, 5.41) is 4.43. The van der Waals surface area contributed by atoms with Crippen LogP contribution in [0, 0.1) is 5.82 Å². The largest absolute Gasteiger partial charge is 0.491 e. The molecule has 5 aromatic rings. The van der Waals surface area contributed by atoms with Gasteiger partial charge in [-0.15, -0.1) is 0 Å². The van der Waals surface area contributed by atoms with Gasteiger partial charge in [0.2, 0.25) is 0 Å². The van der Waals surface area contributed by atoms with Gasteiger partial charge in [0.05, 0.1) is 11.7 Å². The van der Waals surface area contributed by atoms with E-state index in [-0.39, 0.29) is 12.0 Å². The van der Waals surface area contributed by atoms with Gasteiger partial charge in [-0.25, -0.2) is 14.4 Å². The number of nitrogens with zero attached hydrogens (tertiary/aromatic N) is 3. The molecule has 6 rings (SSSR count). The average molecular weight is 550 g/mol. The molecule has 0 radical (unpaired) electrons. The third-order valence-corrected chi connectivity index (χ3v) is 7.25. The summed E-state index contributed by atoms with van der Waals surface area (Å²) in [6.07, 6.45) is 8.06. The summed E-state index contributed by atoms with van der Waals surface area (Å²) < 4.78 is 19.9. The summed E-state index contributed by atoms with van der Waals surface area (Å²) in [6.45, 7) is 4.42. The average Bonchev–Trinajstić information content (AvgIpc) is 3.73. The molecule has 8 heteroatoms. The monoisotopic (exact) mass is 549 g/mol. The van der Waals surface area contributed by atoms with Crippen molar-refractivity contribution in [1.82, 2.24) is 15.0 Å². The number of H-pyrrole nitrogens is 1. The van der Waals surface area contributed by atoms with Gasteiger partial charge >= 0.3 is 0 Å². The maximum Gasteiger partial charge on any atom is 0.261 e. The summed E-state index contributed by atoms with van der Waals surface area (Å²) in [5.74, 6) is 1.13. The van der Waals surface area contributed by atoms with Gasteiger partial charge in [0.25, 0.3) is 5.91 Å². The van der Waals surface area contributed by atoms with Gasteiger partial charge < -0.3 is 19.9 Å². The molecule has 0 aliphatic heterocycles. The molecule has 2 aromatic carbocycles. The summed E-state index contributed by atoms with van der Waals surface area (Å²) >= 11 is 0. The van der Waals surface area contributed by atoms with Crippen molar-refractivity contribution < 1.29 is 13.9 Å². The zero-order chi connectivity index (χ0) is 28.5. The number of hydrogen-bond donors (Lipinski definition) is 2. The number of anilines is 2. The summed E-state index contributed by atoms with van der Waals surface area (Å²) in [5.41, 5.74) is 6.06. The van der Waals surface area contributed by atoms with E-state index in [4.69, 9.17) is 4.74 Å². The van der Waals surface area contributed by atoms with Gasteiger partial charge in [-0.3, -0.25) is 4.79 Å². The molecule has 0 saturated heterocycles. The Morgan fingerprint density at radius 2 is 1.98 bits per heavy atom. The van der Waals surface area contributed by atoms with Crippen molar-refractivity contribution in [2.75, 3.05) is 17.3 Å². The first kappa shape index (κ1) is 26.5. The molecule has 2 N–H and O–H groups in total. The van der Waals surface area contributed by atoms with Crippen molar-refractivity contribution in [3.05, 3.63) is 102 Å². The van der Waals surface area contributed by atoms with E-state index in [0.717, 1.165) is 33.5 Å². The first-order chi connectivity index (χ1) is 19.9. The molecule has 0 atom stereocenters. The standard InChI is InChI=1S/C33H32FN5O2/c1-20(2)41-27-13-21(12-23(14-27)30-19-38-32-29(30)15-24(18-37-32)22-9-10-22)17-36-31-28(8-5-11-35-31)33(40)39(3)26-7-4-6-25(34)16-26/h4-8,11-16,18-20,22H,9-10,17H2,1-3H3,(H,35,36)(H,37,38). The Bertz CT molecular complexity index is 1730. The van der Waals surface area contributed by atoms with Crippen LogP contribution in [0.15, 0.2) is 79.3 Å². The van der Waals surface area contributed by atoms with Crippen LogP contribution in [-0.2, 0) is 6.54 Å². The normalized spacial score (nSPS) is 13.0. The maximum absolute atomic E-state index is 13.8. The third-order valence-electron chi connectivity index (χ3n) is 7.25. The Morgan fingerprint density at radius 3 is 2.76 bits per heavy atom. The number of nitrogens with one attached hydrogen (secondary N) is 2. The molecule has 1 fully saturated rings. The maximum atomic E-state index is 13.8. The highest BCUT2D eigenvalue weighted by molar-refractivity contribution is 6.08. The highest BCUT2D eigenvalue weighted by atomic mass is 19.1. The highest BCUT2D eigenvalue weighted by Gasteiger charge is 2.25. The number of halogens is 1. The second-order valence-corrected chi connectivity index (χ2v) is 10.8. The number of aromatic nitrogens is 3. The minimum atomic E-state index is -0.402. The first-order valence-electron chi connectivity index (χ1n) is 13.9. The van der Waals surface area contributed by atoms with E-state index in [1.54, 1.807) is 37.5 Å². The number of hydrogen-bond acceptors (Lipinski definition) is 5. The zero-order valence-electron chi connectivity index (χ0n) is 23.3. The van der Waals surface area contributed by atoms with E-state index in [1.807, 2.05) is 32.3 Å². The molecule has 3 aromatic heterocycles. The Morgan fingerprint density at radius 1 is 1.12 bits per heavy atom. The summed E-state index contributed by atoms with van der Waals surface area (Å²) in [6, 6.07) is 17.8. The third kappa shape index (κ3) is 5.77. The van der Waals surface area contributed by atoms with Gasteiger partial charge in [-0.05, 0) is 104 Å².